The molecule has 44 heavy (non-hydrogen) atoms. The van der Waals surface area contributed by atoms with E-state index in [4.69, 9.17) is 4.74 Å². The fourth-order valence-electron chi connectivity index (χ4n) is 5.47. The second-order valence-corrected chi connectivity index (χ2v) is 12.4. The molecular formula is C36H39N3O5. The number of para-hydroxylation sites is 1. The standard InChI is InChI=1S/C36H39N3O5/c1-23-20-30(23)39(34(42)29(21-24-12-6-5-7-13-24)38-35(43)44-36(2,3)4)32(28-16-10-11-17-31(28)40)33(41)37-27-19-18-25-14-8-9-15-26(25)22-27/h5-19,22-23,29-30,32,40H,20-21H2,1-4H3,(H,37,41)(H,38,43). The molecule has 5 rings (SSSR count). The Bertz CT molecular complexity index is 1650. The van der Waals surface area contributed by atoms with Gasteiger partial charge in [0, 0.05) is 23.7 Å². The molecule has 0 spiro atoms. The van der Waals surface area contributed by atoms with Gasteiger partial charge < -0.3 is 25.4 Å². The van der Waals surface area contributed by atoms with Crippen molar-refractivity contribution in [3.63, 3.8) is 0 Å². The van der Waals surface area contributed by atoms with E-state index in [1.54, 1.807) is 43.9 Å². The number of amides is 3. The minimum atomic E-state index is -1.16. The number of carbonyl (C=O) groups is 3. The minimum Gasteiger partial charge on any atom is -0.508 e. The molecule has 4 aromatic rings. The van der Waals surface area contributed by atoms with E-state index in [0.717, 1.165) is 16.3 Å². The number of aromatic hydroxyl groups is 1. The summed E-state index contributed by atoms with van der Waals surface area (Å²) in [5, 5.41) is 18.7. The highest BCUT2D eigenvalue weighted by molar-refractivity contribution is 6.01. The Morgan fingerprint density at radius 3 is 2.20 bits per heavy atom. The van der Waals surface area contributed by atoms with E-state index >= 15 is 0 Å². The van der Waals surface area contributed by atoms with Gasteiger partial charge in [-0.1, -0.05) is 85.8 Å². The molecule has 3 N–H and O–H groups in total. The van der Waals surface area contributed by atoms with E-state index in [9.17, 15) is 19.5 Å². The van der Waals surface area contributed by atoms with Gasteiger partial charge in [0.1, 0.15) is 23.4 Å². The zero-order valence-corrected chi connectivity index (χ0v) is 25.5. The zero-order chi connectivity index (χ0) is 31.4. The van der Waals surface area contributed by atoms with Gasteiger partial charge in [0.25, 0.3) is 5.91 Å². The van der Waals surface area contributed by atoms with Gasteiger partial charge in [-0.3, -0.25) is 9.59 Å². The van der Waals surface area contributed by atoms with Gasteiger partial charge in [-0.2, -0.15) is 0 Å². The highest BCUT2D eigenvalue weighted by atomic mass is 16.6. The van der Waals surface area contributed by atoms with Crippen LogP contribution in [0.25, 0.3) is 10.8 Å². The Hall–Kier alpha value is -4.85. The Balaban J connectivity index is 1.53. The summed E-state index contributed by atoms with van der Waals surface area (Å²) in [7, 11) is 0. The van der Waals surface area contributed by atoms with Gasteiger partial charge in [-0.25, -0.2) is 4.79 Å². The summed E-state index contributed by atoms with van der Waals surface area (Å²) in [5.74, 6) is -0.877. The lowest BCUT2D eigenvalue weighted by Gasteiger charge is -2.35. The summed E-state index contributed by atoms with van der Waals surface area (Å²) < 4.78 is 5.52. The molecule has 3 amide bonds. The molecule has 0 bridgehead atoms. The molecule has 1 fully saturated rings. The van der Waals surface area contributed by atoms with Crippen molar-refractivity contribution in [3.05, 3.63) is 108 Å². The third-order valence-corrected chi connectivity index (χ3v) is 7.73. The van der Waals surface area contributed by atoms with Gasteiger partial charge >= 0.3 is 6.09 Å². The number of nitrogens with zero attached hydrogens (tertiary/aromatic N) is 1. The number of benzene rings is 4. The molecule has 1 aliphatic carbocycles. The summed E-state index contributed by atoms with van der Waals surface area (Å²) in [6.07, 6.45) is 0.148. The predicted molar refractivity (Wildman–Crippen MR) is 171 cm³/mol. The summed E-state index contributed by atoms with van der Waals surface area (Å²) in [6.45, 7) is 7.28. The lowest BCUT2D eigenvalue weighted by atomic mass is 9.99. The molecule has 228 valence electrons. The van der Waals surface area contributed by atoms with Crippen molar-refractivity contribution in [2.45, 2.75) is 64.3 Å². The van der Waals surface area contributed by atoms with Gasteiger partial charge in [0.05, 0.1) is 0 Å². The normalized spacial score (nSPS) is 17.3. The highest BCUT2D eigenvalue weighted by Crippen LogP contribution is 2.42. The van der Waals surface area contributed by atoms with Crippen LogP contribution in [0, 0.1) is 5.92 Å². The highest BCUT2D eigenvalue weighted by Gasteiger charge is 2.48. The lowest BCUT2D eigenvalue weighted by Crippen LogP contribution is -2.54. The maximum Gasteiger partial charge on any atom is 0.408 e. The van der Waals surface area contributed by atoms with Crippen LogP contribution in [-0.2, 0) is 20.7 Å². The number of ether oxygens (including phenoxy) is 1. The van der Waals surface area contributed by atoms with Crippen LogP contribution in [0.3, 0.4) is 0 Å². The zero-order valence-electron chi connectivity index (χ0n) is 25.5. The molecule has 0 saturated heterocycles. The molecule has 4 atom stereocenters. The molecule has 8 heteroatoms. The molecule has 4 unspecified atom stereocenters. The molecule has 1 saturated carbocycles. The predicted octanol–water partition coefficient (Wildman–Crippen LogP) is 6.60. The van der Waals surface area contributed by atoms with Crippen molar-refractivity contribution in [2.24, 2.45) is 5.92 Å². The number of hydrogen-bond acceptors (Lipinski definition) is 5. The number of phenols is 1. The maximum atomic E-state index is 14.6. The average molecular weight is 594 g/mol. The molecule has 0 aromatic heterocycles. The number of alkyl carbamates (subject to hydrolysis) is 1. The SMILES string of the molecule is CC1CC1N(C(=O)C(Cc1ccccc1)NC(=O)OC(C)(C)C)C(C(=O)Nc1ccc2ccccc2c1)c1ccccc1O. The van der Waals surface area contributed by atoms with Crippen molar-refractivity contribution >= 4 is 34.4 Å². The van der Waals surface area contributed by atoms with Crippen molar-refractivity contribution in [2.75, 3.05) is 5.32 Å². The van der Waals surface area contributed by atoms with Crippen molar-refractivity contribution < 1.29 is 24.2 Å². The summed E-state index contributed by atoms with van der Waals surface area (Å²) >= 11 is 0. The van der Waals surface area contributed by atoms with Crippen LogP contribution in [0.5, 0.6) is 5.75 Å². The van der Waals surface area contributed by atoms with Gasteiger partial charge in [-0.15, -0.1) is 0 Å². The molecular weight excluding hydrogens is 554 g/mol. The molecule has 8 nitrogen and oxygen atoms in total. The molecule has 0 heterocycles. The van der Waals surface area contributed by atoms with Crippen LogP contribution in [0.2, 0.25) is 0 Å². The lowest BCUT2D eigenvalue weighted by molar-refractivity contribution is -0.141. The number of nitrogens with one attached hydrogen (secondary N) is 2. The van der Waals surface area contributed by atoms with E-state index in [1.165, 1.54) is 6.07 Å². The fourth-order valence-corrected chi connectivity index (χ4v) is 5.47. The Labute approximate surface area is 258 Å². The third kappa shape index (κ3) is 7.37. The van der Waals surface area contributed by atoms with E-state index in [-0.39, 0.29) is 24.1 Å². The van der Waals surface area contributed by atoms with Crippen LogP contribution in [0.15, 0.2) is 97.1 Å². The van der Waals surface area contributed by atoms with Crippen LogP contribution >= 0.6 is 0 Å². The van der Waals surface area contributed by atoms with Crippen LogP contribution in [-0.4, -0.2) is 45.6 Å². The number of hydrogen-bond donors (Lipinski definition) is 3. The first kappa shape index (κ1) is 30.6. The van der Waals surface area contributed by atoms with Crippen molar-refractivity contribution in [1.29, 1.82) is 0 Å². The average Bonchev–Trinajstić information content (AvgIpc) is 3.70. The second-order valence-electron chi connectivity index (χ2n) is 12.4. The first-order chi connectivity index (χ1) is 21.0. The smallest absolute Gasteiger partial charge is 0.408 e. The Kier molecular flexibility index (Phi) is 8.90. The minimum absolute atomic E-state index is 0.100. The number of phenolic OH excluding ortho intramolecular Hbond substituents is 1. The number of fused-ring (bicyclic) bond motifs is 1. The Morgan fingerprint density at radius 2 is 1.55 bits per heavy atom. The summed E-state index contributed by atoms with van der Waals surface area (Å²) in [6, 6.07) is 26.9. The van der Waals surface area contributed by atoms with Crippen LogP contribution in [0.4, 0.5) is 10.5 Å². The van der Waals surface area contributed by atoms with Crippen LogP contribution < -0.4 is 10.6 Å². The first-order valence-corrected chi connectivity index (χ1v) is 14.9. The van der Waals surface area contributed by atoms with Gasteiger partial charge in [-0.05, 0) is 67.6 Å². The molecule has 4 aromatic carbocycles. The van der Waals surface area contributed by atoms with Crippen LogP contribution in [0.1, 0.15) is 51.3 Å². The quantitative estimate of drug-likeness (QED) is 0.203. The number of carbonyl (C=O) groups excluding carboxylic acids is 3. The maximum absolute atomic E-state index is 14.6. The monoisotopic (exact) mass is 593 g/mol. The number of rotatable bonds is 9. The summed E-state index contributed by atoms with van der Waals surface area (Å²) in [5.41, 5.74) is 0.935. The van der Waals surface area contributed by atoms with E-state index < -0.39 is 35.6 Å². The van der Waals surface area contributed by atoms with Crippen molar-refractivity contribution in [3.8, 4) is 5.75 Å². The Morgan fingerprint density at radius 1 is 0.909 bits per heavy atom. The largest absolute Gasteiger partial charge is 0.508 e. The summed E-state index contributed by atoms with van der Waals surface area (Å²) in [4.78, 5) is 43.4. The van der Waals surface area contributed by atoms with Gasteiger partial charge in [0.2, 0.25) is 5.91 Å². The molecule has 0 aliphatic heterocycles. The molecule has 0 radical (unpaired) electrons. The van der Waals surface area contributed by atoms with E-state index in [2.05, 4.69) is 10.6 Å². The fraction of sp³-hybridized carbons (Fsp3) is 0.306. The topological polar surface area (TPSA) is 108 Å². The third-order valence-electron chi connectivity index (χ3n) is 7.73. The second kappa shape index (κ2) is 12.8. The first-order valence-electron chi connectivity index (χ1n) is 14.9. The van der Waals surface area contributed by atoms with E-state index in [1.807, 2.05) is 79.7 Å². The molecule has 1 aliphatic rings. The van der Waals surface area contributed by atoms with Crippen molar-refractivity contribution in [1.82, 2.24) is 10.2 Å². The number of anilines is 1. The van der Waals surface area contributed by atoms with E-state index in [0.29, 0.717) is 17.7 Å². The van der Waals surface area contributed by atoms with Gasteiger partial charge in [0.15, 0.2) is 0 Å².